The number of aromatic nitrogens is 4. The van der Waals surface area contributed by atoms with E-state index in [2.05, 4.69) is 20.3 Å². The van der Waals surface area contributed by atoms with E-state index in [1.54, 1.807) is 0 Å². The Morgan fingerprint density at radius 2 is 1.84 bits per heavy atom. The van der Waals surface area contributed by atoms with Crippen molar-refractivity contribution in [2.75, 3.05) is 17.4 Å². The van der Waals surface area contributed by atoms with Gasteiger partial charge in [-0.25, -0.2) is 4.98 Å². The fourth-order valence-corrected chi connectivity index (χ4v) is 11.9. The predicted molar refractivity (Wildman–Crippen MR) is 151 cm³/mol. The molecule has 7 rings (SSSR count). The molecule has 5 fully saturated rings. The van der Waals surface area contributed by atoms with Gasteiger partial charge in [0.15, 0.2) is 23.2 Å². The number of hydrogen-bond acceptors (Lipinski definition) is 11. The van der Waals surface area contributed by atoms with Crippen molar-refractivity contribution in [2.45, 2.75) is 81.1 Å². The van der Waals surface area contributed by atoms with Crippen molar-refractivity contribution in [2.24, 2.45) is 23.0 Å². The number of anilines is 1. The number of carbonyl (C=O) groups is 1. The van der Waals surface area contributed by atoms with Gasteiger partial charge in [-0.3, -0.25) is 18.5 Å². The predicted octanol–water partition coefficient (Wildman–Crippen LogP) is 0.492. The van der Waals surface area contributed by atoms with Gasteiger partial charge in [0.05, 0.1) is 24.1 Å². The molecule has 1 amide bonds. The largest absolute Gasteiger partial charge is 0.390 e. The molecule has 19 heteroatoms. The van der Waals surface area contributed by atoms with Crippen molar-refractivity contribution < 1.29 is 48.7 Å². The van der Waals surface area contributed by atoms with Gasteiger partial charge in [-0.15, -0.1) is 0 Å². The lowest BCUT2D eigenvalue weighted by Crippen LogP contribution is -2.63. The zero-order valence-electron chi connectivity index (χ0n) is 22.9. The fraction of sp³-hybridized carbons (Fsp3) is 0.750. The molecule has 43 heavy (non-hydrogen) atoms. The highest BCUT2D eigenvalue weighted by Gasteiger charge is 2.60. The molecule has 1 aliphatic heterocycles. The zero-order valence-corrected chi connectivity index (χ0v) is 25.5. The van der Waals surface area contributed by atoms with Crippen LogP contribution in [0.2, 0.25) is 5.28 Å². The quantitative estimate of drug-likeness (QED) is 0.134. The second-order valence-electron chi connectivity index (χ2n) is 12.9. The molecule has 6 unspecified atom stereocenters. The van der Waals surface area contributed by atoms with E-state index in [9.17, 15) is 34.1 Å². The summed E-state index contributed by atoms with van der Waals surface area (Å²) >= 11 is 6.19. The molecule has 4 saturated carbocycles. The Balaban J connectivity index is 1.20. The normalized spacial score (nSPS) is 37.5. The van der Waals surface area contributed by atoms with Crippen LogP contribution in [-0.2, 0) is 18.7 Å². The van der Waals surface area contributed by atoms with Crippen LogP contribution in [0.4, 0.5) is 5.82 Å². The lowest BCUT2D eigenvalue weighted by atomic mass is 9.46. The topological polar surface area (TPSA) is 263 Å². The maximum absolute atomic E-state index is 13.5. The number of aliphatic hydroxyl groups excluding tert-OH is 2. The number of nitrogens with one attached hydrogen (secondary N) is 1. The summed E-state index contributed by atoms with van der Waals surface area (Å²) in [5.41, 5.74) is 5.39. The monoisotopic (exact) mass is 664 g/mol. The van der Waals surface area contributed by atoms with Gasteiger partial charge < -0.3 is 45.8 Å². The maximum Gasteiger partial charge on any atom is 0.335 e. The summed E-state index contributed by atoms with van der Waals surface area (Å²) in [6.45, 7) is 0. The number of nitrogens with two attached hydrogens (primary N) is 1. The van der Waals surface area contributed by atoms with Gasteiger partial charge >= 0.3 is 7.60 Å². The average molecular weight is 665 g/mol. The Morgan fingerprint density at radius 3 is 2.47 bits per heavy atom. The summed E-state index contributed by atoms with van der Waals surface area (Å²) < 4.78 is 30.4. The first-order valence-corrected chi connectivity index (χ1v) is 18.2. The third-order valence-electron chi connectivity index (χ3n) is 9.43. The molecule has 0 radical (unpaired) electrons. The van der Waals surface area contributed by atoms with E-state index < -0.39 is 74.5 Å². The van der Waals surface area contributed by atoms with Crippen molar-refractivity contribution in [3.63, 3.8) is 0 Å². The molecule has 5 aliphatic rings. The molecular weight excluding hydrogens is 630 g/mol. The van der Waals surface area contributed by atoms with Gasteiger partial charge in [0, 0.05) is 6.16 Å². The molecule has 9 N–H and O–H groups in total. The van der Waals surface area contributed by atoms with Gasteiger partial charge in [0.2, 0.25) is 18.6 Å². The number of aliphatic hydroxyl groups is 3. The molecule has 2 aromatic heterocycles. The number of fused-ring (bicyclic) bond motifs is 1. The minimum atomic E-state index is -4.75. The SMILES string of the molecule is NC(C(=O)Nc1nc(Cl)nc2c1ncn2[C@@H]1O[C@H](CCP(=O)(O)CP(=O)(O)O)C(O)C1O)C12CC3C[C@H](C1)C[C@@](O)(C3)C2. The van der Waals surface area contributed by atoms with Gasteiger partial charge in [-0.1, -0.05) is 0 Å². The van der Waals surface area contributed by atoms with E-state index in [4.69, 9.17) is 31.9 Å². The highest BCUT2D eigenvalue weighted by Crippen LogP contribution is 2.62. The van der Waals surface area contributed by atoms with Crippen LogP contribution in [0.15, 0.2) is 6.33 Å². The van der Waals surface area contributed by atoms with Crippen LogP contribution in [0.3, 0.4) is 0 Å². The van der Waals surface area contributed by atoms with Crippen LogP contribution >= 0.6 is 26.6 Å². The second kappa shape index (κ2) is 10.8. The summed E-state index contributed by atoms with van der Waals surface area (Å²) in [5.74, 6) is -1.09. The molecule has 2 aromatic rings. The lowest BCUT2D eigenvalue weighted by Gasteiger charge is -2.61. The van der Waals surface area contributed by atoms with Crippen molar-refractivity contribution in [1.29, 1.82) is 0 Å². The average Bonchev–Trinajstić information content (AvgIpc) is 3.40. The van der Waals surface area contributed by atoms with Crippen LogP contribution in [0.5, 0.6) is 0 Å². The Labute approximate surface area is 250 Å². The highest BCUT2D eigenvalue weighted by atomic mass is 35.5. The number of carbonyl (C=O) groups excluding carboxylic acids is 1. The number of hydrogen-bond donors (Lipinski definition) is 8. The van der Waals surface area contributed by atoms with Crippen LogP contribution in [-0.4, -0.2) is 97.4 Å². The second-order valence-corrected chi connectivity index (χ2v) is 17.8. The minimum Gasteiger partial charge on any atom is -0.390 e. The van der Waals surface area contributed by atoms with Crippen LogP contribution in [0.25, 0.3) is 11.2 Å². The molecule has 0 aromatic carbocycles. The zero-order chi connectivity index (χ0) is 31.1. The molecule has 3 heterocycles. The van der Waals surface area contributed by atoms with Crippen molar-refractivity contribution in [3.05, 3.63) is 11.6 Å². The standard InChI is InChI=1S/C24H35ClN6O10P2/c25-22-29-18(28-20(34)17(26)23-4-11-3-12(5-23)7-24(35,6-11)8-23)14-19(30-22)31(9-27-14)21-16(33)15(32)13(41-21)1-2-42(36,37)10-43(38,39)40/h9,11-13,15-17,21,32-33,35H,1-8,10,26H2,(H,36,37)(H2,38,39,40)(H,28,29,30,34)/t11-,12?,13-,15?,16?,17?,21-,23?,24-/m1/s1. The Bertz CT molecular complexity index is 1520. The summed E-state index contributed by atoms with van der Waals surface area (Å²) in [6.07, 6.45) is -0.574. The first kappa shape index (κ1) is 31.4. The smallest absolute Gasteiger partial charge is 0.335 e. The Hall–Kier alpha value is -1.55. The van der Waals surface area contributed by atoms with Crippen molar-refractivity contribution >= 4 is 49.5 Å². The molecule has 16 nitrogen and oxygen atoms in total. The summed E-state index contributed by atoms with van der Waals surface area (Å²) in [5, 5.41) is 34.9. The highest BCUT2D eigenvalue weighted by molar-refractivity contribution is 7.72. The van der Waals surface area contributed by atoms with E-state index >= 15 is 0 Å². The van der Waals surface area contributed by atoms with Gasteiger partial charge in [0.1, 0.15) is 18.1 Å². The first-order chi connectivity index (χ1) is 20.0. The number of amides is 1. The van der Waals surface area contributed by atoms with Crippen molar-refractivity contribution in [1.82, 2.24) is 19.5 Å². The Kier molecular flexibility index (Phi) is 7.87. The van der Waals surface area contributed by atoms with E-state index in [1.807, 2.05) is 0 Å². The van der Waals surface area contributed by atoms with E-state index in [-0.39, 0.29) is 28.7 Å². The number of halogens is 1. The summed E-state index contributed by atoms with van der Waals surface area (Å²) in [7, 11) is -9.00. The lowest BCUT2D eigenvalue weighted by molar-refractivity contribution is -0.172. The van der Waals surface area contributed by atoms with E-state index in [0.29, 0.717) is 18.3 Å². The maximum atomic E-state index is 13.5. The van der Waals surface area contributed by atoms with E-state index in [1.165, 1.54) is 10.9 Å². The molecule has 4 bridgehead atoms. The molecule has 238 valence electrons. The number of ether oxygens (including phenoxy) is 1. The summed E-state index contributed by atoms with van der Waals surface area (Å²) in [6, 6.07) is -0.917. The number of imidazole rings is 1. The van der Waals surface area contributed by atoms with Crippen LogP contribution < -0.4 is 11.1 Å². The molecule has 1 saturated heterocycles. The van der Waals surface area contributed by atoms with Gasteiger partial charge in [-0.05, 0) is 73.8 Å². The third kappa shape index (κ3) is 6.05. The molecule has 10 atom stereocenters. The molecular formula is C24H35ClN6O10P2. The van der Waals surface area contributed by atoms with E-state index in [0.717, 1.165) is 32.1 Å². The van der Waals surface area contributed by atoms with Crippen molar-refractivity contribution in [3.8, 4) is 0 Å². The molecule has 4 aliphatic carbocycles. The fourth-order valence-electron chi connectivity index (χ4n) is 8.17. The first-order valence-electron chi connectivity index (χ1n) is 14.0. The minimum absolute atomic E-state index is 0.0270. The van der Waals surface area contributed by atoms with Gasteiger partial charge in [0.25, 0.3) is 0 Å². The van der Waals surface area contributed by atoms with Gasteiger partial charge in [-0.2, -0.15) is 9.97 Å². The number of nitrogens with zero attached hydrogens (tertiary/aromatic N) is 4. The van der Waals surface area contributed by atoms with Crippen LogP contribution in [0.1, 0.15) is 51.2 Å². The third-order valence-corrected chi connectivity index (χ3v) is 13.8. The number of rotatable bonds is 9. The van der Waals surface area contributed by atoms with Crippen LogP contribution in [0, 0.1) is 17.3 Å². The molecule has 0 spiro atoms. The Morgan fingerprint density at radius 1 is 1.16 bits per heavy atom. The summed E-state index contributed by atoms with van der Waals surface area (Å²) in [4.78, 5) is 54.1.